The van der Waals surface area contributed by atoms with Crippen molar-refractivity contribution in [1.82, 2.24) is 4.98 Å². The molecule has 20 heavy (non-hydrogen) atoms. The summed E-state index contributed by atoms with van der Waals surface area (Å²) in [6, 6.07) is 2.81. The Kier molecular flexibility index (Phi) is 3.60. The number of ether oxygens (including phenoxy) is 1. The summed E-state index contributed by atoms with van der Waals surface area (Å²) in [6.45, 7) is 7.58. The number of aromatic nitrogens is 1. The van der Waals surface area contributed by atoms with Crippen LogP contribution in [0.4, 0.5) is 4.39 Å². The molecule has 0 amide bonds. The Labute approximate surface area is 117 Å². The zero-order valence-corrected chi connectivity index (χ0v) is 12.2. The van der Waals surface area contributed by atoms with Crippen molar-refractivity contribution in [1.29, 1.82) is 0 Å². The standard InChI is InChI=1S/C13H17BFNO4/c1-12(2)13(3,4)20-14(19-12)9-7-6-8(10(15)16-9)11(17)18-5/h6-7H,1-5H3. The molecule has 0 radical (unpaired) electrons. The lowest BCUT2D eigenvalue weighted by atomic mass is 9.84. The molecule has 1 aromatic heterocycles. The fourth-order valence-electron chi connectivity index (χ4n) is 1.81. The molecule has 7 heteroatoms. The number of hydrogen-bond donors (Lipinski definition) is 0. The maximum Gasteiger partial charge on any atom is 0.514 e. The molecule has 0 atom stereocenters. The first kappa shape index (κ1) is 14.9. The zero-order chi connectivity index (χ0) is 15.1. The SMILES string of the molecule is COC(=O)c1ccc(B2OC(C)(C)C(C)(C)O2)nc1F. The number of nitrogens with zero attached hydrogens (tertiary/aromatic N) is 1. The van der Waals surface area contributed by atoms with Crippen molar-refractivity contribution in [2.45, 2.75) is 38.9 Å². The topological polar surface area (TPSA) is 57.7 Å². The molecule has 2 heterocycles. The number of methoxy groups -OCH3 is 1. The van der Waals surface area contributed by atoms with Gasteiger partial charge in [0.1, 0.15) is 5.56 Å². The highest BCUT2D eigenvalue weighted by molar-refractivity contribution is 6.61. The molecule has 1 saturated heterocycles. The molecular weight excluding hydrogens is 264 g/mol. The number of halogens is 1. The van der Waals surface area contributed by atoms with Crippen LogP contribution in [0.2, 0.25) is 0 Å². The van der Waals surface area contributed by atoms with Crippen molar-refractivity contribution < 1.29 is 23.2 Å². The van der Waals surface area contributed by atoms with Gasteiger partial charge in [0, 0.05) is 0 Å². The van der Waals surface area contributed by atoms with Gasteiger partial charge < -0.3 is 14.0 Å². The largest absolute Gasteiger partial charge is 0.514 e. The minimum atomic E-state index is -0.899. The zero-order valence-electron chi connectivity index (χ0n) is 12.2. The van der Waals surface area contributed by atoms with Gasteiger partial charge in [-0.05, 0) is 39.8 Å². The molecular formula is C13H17BFNO4. The molecule has 1 aliphatic rings. The van der Waals surface area contributed by atoms with Gasteiger partial charge in [-0.15, -0.1) is 0 Å². The molecule has 0 unspecified atom stereocenters. The molecule has 0 bridgehead atoms. The van der Waals surface area contributed by atoms with Crippen molar-refractivity contribution in [2.24, 2.45) is 0 Å². The summed E-state index contributed by atoms with van der Waals surface area (Å²) in [5.74, 6) is -1.67. The summed E-state index contributed by atoms with van der Waals surface area (Å²) in [7, 11) is 0.422. The van der Waals surface area contributed by atoms with E-state index in [9.17, 15) is 9.18 Å². The van der Waals surface area contributed by atoms with Crippen molar-refractivity contribution in [2.75, 3.05) is 7.11 Å². The Hall–Kier alpha value is -1.47. The number of esters is 1. The van der Waals surface area contributed by atoms with Crippen LogP contribution in [-0.2, 0) is 14.0 Å². The Balaban J connectivity index is 2.28. The smallest absolute Gasteiger partial charge is 0.465 e. The van der Waals surface area contributed by atoms with Gasteiger partial charge in [-0.3, -0.25) is 0 Å². The molecule has 2 rings (SSSR count). The number of rotatable bonds is 2. The Bertz CT molecular complexity index is 531. The first-order valence-corrected chi connectivity index (χ1v) is 6.28. The molecule has 0 N–H and O–H groups in total. The van der Waals surface area contributed by atoms with Gasteiger partial charge in [0.15, 0.2) is 0 Å². The van der Waals surface area contributed by atoms with E-state index in [-0.39, 0.29) is 11.2 Å². The van der Waals surface area contributed by atoms with Crippen molar-refractivity contribution in [3.05, 3.63) is 23.6 Å². The number of hydrogen-bond acceptors (Lipinski definition) is 5. The van der Waals surface area contributed by atoms with Gasteiger partial charge in [0.05, 0.1) is 23.9 Å². The summed E-state index contributed by atoms with van der Waals surface area (Å²) in [5.41, 5.74) is -0.991. The summed E-state index contributed by atoms with van der Waals surface area (Å²) in [5, 5.41) is 0. The maximum absolute atomic E-state index is 13.8. The molecule has 1 aromatic rings. The van der Waals surface area contributed by atoms with Crippen LogP contribution in [0.25, 0.3) is 0 Å². The third kappa shape index (κ3) is 2.43. The van der Waals surface area contributed by atoms with E-state index < -0.39 is 30.2 Å². The minimum absolute atomic E-state index is 0.215. The van der Waals surface area contributed by atoms with Crippen LogP contribution in [0.1, 0.15) is 38.1 Å². The fourth-order valence-corrected chi connectivity index (χ4v) is 1.81. The lowest BCUT2D eigenvalue weighted by molar-refractivity contribution is 0.00578. The first-order chi connectivity index (χ1) is 9.18. The van der Waals surface area contributed by atoms with E-state index in [1.807, 2.05) is 27.7 Å². The minimum Gasteiger partial charge on any atom is -0.465 e. The molecule has 1 aliphatic heterocycles. The van der Waals surface area contributed by atoms with Crippen molar-refractivity contribution in [3.63, 3.8) is 0 Å². The summed E-state index contributed by atoms with van der Waals surface area (Å²) < 4.78 is 29.8. The van der Waals surface area contributed by atoms with E-state index in [1.165, 1.54) is 19.2 Å². The summed E-state index contributed by atoms with van der Waals surface area (Å²) in [6.07, 6.45) is 0. The molecule has 5 nitrogen and oxygen atoms in total. The Morgan fingerprint density at radius 1 is 1.25 bits per heavy atom. The van der Waals surface area contributed by atoms with Gasteiger partial charge in [0.25, 0.3) is 0 Å². The van der Waals surface area contributed by atoms with Crippen LogP contribution in [0.15, 0.2) is 12.1 Å². The average Bonchev–Trinajstić information content (AvgIpc) is 2.57. The second-order valence-electron chi connectivity index (χ2n) is 5.65. The van der Waals surface area contributed by atoms with E-state index in [0.717, 1.165) is 0 Å². The number of carbonyl (C=O) groups excluding carboxylic acids is 1. The lowest BCUT2D eigenvalue weighted by Gasteiger charge is -2.32. The van der Waals surface area contributed by atoms with Gasteiger partial charge in [-0.2, -0.15) is 4.39 Å². The molecule has 108 valence electrons. The summed E-state index contributed by atoms with van der Waals surface area (Å²) >= 11 is 0. The second kappa shape index (κ2) is 4.82. The van der Waals surface area contributed by atoms with Crippen molar-refractivity contribution in [3.8, 4) is 0 Å². The molecule has 0 spiro atoms. The van der Waals surface area contributed by atoms with Gasteiger partial charge in [-0.1, -0.05) is 0 Å². The quantitative estimate of drug-likeness (QED) is 0.464. The van der Waals surface area contributed by atoms with E-state index in [4.69, 9.17) is 9.31 Å². The third-order valence-electron chi connectivity index (χ3n) is 3.77. The molecule has 1 fully saturated rings. The highest BCUT2D eigenvalue weighted by Crippen LogP contribution is 2.36. The van der Waals surface area contributed by atoms with Crippen LogP contribution in [0.3, 0.4) is 0 Å². The number of carbonyl (C=O) groups is 1. The molecule has 0 saturated carbocycles. The second-order valence-corrected chi connectivity index (χ2v) is 5.65. The highest BCUT2D eigenvalue weighted by Gasteiger charge is 2.52. The van der Waals surface area contributed by atoms with Gasteiger partial charge in [0.2, 0.25) is 5.95 Å². The third-order valence-corrected chi connectivity index (χ3v) is 3.77. The van der Waals surface area contributed by atoms with Crippen molar-refractivity contribution >= 4 is 18.7 Å². The molecule has 0 aromatic carbocycles. The van der Waals surface area contributed by atoms with Crippen LogP contribution in [-0.4, -0.2) is 36.4 Å². The predicted molar refractivity (Wildman–Crippen MR) is 71.3 cm³/mol. The van der Waals surface area contributed by atoms with Crippen LogP contribution in [0.5, 0.6) is 0 Å². The van der Waals surface area contributed by atoms with Crippen LogP contribution in [0, 0.1) is 5.95 Å². The lowest BCUT2D eigenvalue weighted by Crippen LogP contribution is -2.41. The molecule has 0 aliphatic carbocycles. The van der Waals surface area contributed by atoms with E-state index >= 15 is 0 Å². The first-order valence-electron chi connectivity index (χ1n) is 6.28. The van der Waals surface area contributed by atoms with Gasteiger partial charge in [-0.25, -0.2) is 9.78 Å². The van der Waals surface area contributed by atoms with E-state index in [2.05, 4.69) is 9.72 Å². The fraction of sp³-hybridized carbons (Fsp3) is 0.538. The van der Waals surface area contributed by atoms with E-state index in [0.29, 0.717) is 0 Å². The summed E-state index contributed by atoms with van der Waals surface area (Å²) in [4.78, 5) is 15.0. The number of pyridine rings is 1. The van der Waals surface area contributed by atoms with Crippen LogP contribution >= 0.6 is 0 Å². The van der Waals surface area contributed by atoms with Crippen LogP contribution < -0.4 is 5.59 Å². The Morgan fingerprint density at radius 2 is 1.80 bits per heavy atom. The predicted octanol–water partition coefficient (Wildman–Crippen LogP) is 1.31. The monoisotopic (exact) mass is 281 g/mol. The maximum atomic E-state index is 13.8. The highest BCUT2D eigenvalue weighted by atomic mass is 19.1. The van der Waals surface area contributed by atoms with E-state index in [1.54, 1.807) is 0 Å². The average molecular weight is 281 g/mol. The van der Waals surface area contributed by atoms with Gasteiger partial charge >= 0.3 is 13.1 Å². The Morgan fingerprint density at radius 3 is 2.25 bits per heavy atom. The normalized spacial score (nSPS) is 20.0.